The molecule has 0 aliphatic heterocycles. The zero-order chi connectivity index (χ0) is 17.1. The Kier molecular flexibility index (Phi) is 6.49. The molecular formula is C21H27ClN2O. The molecule has 2 unspecified atom stereocenters. The van der Waals surface area contributed by atoms with E-state index < -0.39 is 0 Å². The number of halogens is 1. The first kappa shape index (κ1) is 19.3. The van der Waals surface area contributed by atoms with Crippen LogP contribution in [0.3, 0.4) is 0 Å². The molecule has 1 amide bonds. The maximum atomic E-state index is 13.0. The predicted octanol–water partition coefficient (Wildman–Crippen LogP) is 4.62. The van der Waals surface area contributed by atoms with Gasteiger partial charge < -0.3 is 11.1 Å². The third kappa shape index (κ3) is 4.35. The van der Waals surface area contributed by atoms with E-state index in [2.05, 4.69) is 25.2 Å². The fourth-order valence-electron chi connectivity index (χ4n) is 3.75. The quantitative estimate of drug-likeness (QED) is 0.783. The van der Waals surface area contributed by atoms with Gasteiger partial charge in [0.1, 0.15) is 0 Å². The topological polar surface area (TPSA) is 55.1 Å². The minimum atomic E-state index is -0.120. The summed E-state index contributed by atoms with van der Waals surface area (Å²) < 4.78 is 0. The van der Waals surface area contributed by atoms with Crippen molar-refractivity contribution in [3.05, 3.63) is 65.2 Å². The van der Waals surface area contributed by atoms with Crippen LogP contribution in [0, 0.1) is 5.92 Å². The number of hydrogen-bond acceptors (Lipinski definition) is 2. The van der Waals surface area contributed by atoms with Crippen molar-refractivity contribution in [2.24, 2.45) is 5.92 Å². The molecule has 3 rings (SSSR count). The summed E-state index contributed by atoms with van der Waals surface area (Å²) in [5.74, 6) is 0.248. The van der Waals surface area contributed by atoms with Crippen LogP contribution in [-0.2, 0) is 11.2 Å². The number of benzene rings is 2. The van der Waals surface area contributed by atoms with Crippen molar-refractivity contribution >= 4 is 24.0 Å². The van der Waals surface area contributed by atoms with Gasteiger partial charge in [-0.15, -0.1) is 12.4 Å². The molecule has 1 aliphatic rings. The van der Waals surface area contributed by atoms with Crippen molar-refractivity contribution in [1.82, 2.24) is 5.32 Å². The van der Waals surface area contributed by atoms with E-state index in [1.807, 2.05) is 42.5 Å². The SMILES string of the molecule is CC(C)C(C(=O)NC1CCCc2cc(N)ccc21)c1ccccc1.Cl. The van der Waals surface area contributed by atoms with Gasteiger partial charge in [0.25, 0.3) is 0 Å². The average Bonchev–Trinajstić information content (AvgIpc) is 2.55. The van der Waals surface area contributed by atoms with Crippen LogP contribution in [0.1, 0.15) is 55.3 Å². The second kappa shape index (κ2) is 8.39. The lowest BCUT2D eigenvalue weighted by molar-refractivity contribution is -0.124. The number of amides is 1. The maximum Gasteiger partial charge on any atom is 0.228 e. The highest BCUT2D eigenvalue weighted by molar-refractivity contribution is 5.85. The Morgan fingerprint density at radius 1 is 1.16 bits per heavy atom. The van der Waals surface area contributed by atoms with Gasteiger partial charge in [-0.1, -0.05) is 50.2 Å². The standard InChI is InChI=1S/C21H26N2O.ClH/c1-14(2)20(15-7-4-3-5-8-15)21(24)23-19-10-6-9-16-13-17(22)11-12-18(16)19;/h3-5,7-8,11-14,19-20H,6,9-10,22H2,1-2H3,(H,23,24);1H. The number of carbonyl (C=O) groups is 1. The molecule has 0 bridgehead atoms. The van der Waals surface area contributed by atoms with Crippen LogP contribution in [0.5, 0.6) is 0 Å². The number of fused-ring (bicyclic) bond motifs is 1. The van der Waals surface area contributed by atoms with Gasteiger partial charge in [-0.2, -0.15) is 0 Å². The molecular weight excluding hydrogens is 332 g/mol. The minimum Gasteiger partial charge on any atom is -0.399 e. The zero-order valence-electron chi connectivity index (χ0n) is 14.9. The van der Waals surface area contributed by atoms with E-state index in [0.717, 1.165) is 30.5 Å². The summed E-state index contributed by atoms with van der Waals surface area (Å²) in [5.41, 5.74) is 10.3. The van der Waals surface area contributed by atoms with E-state index in [1.165, 1.54) is 11.1 Å². The van der Waals surface area contributed by atoms with E-state index in [-0.39, 0.29) is 36.2 Å². The monoisotopic (exact) mass is 358 g/mol. The lowest BCUT2D eigenvalue weighted by Crippen LogP contribution is -2.36. The lowest BCUT2D eigenvalue weighted by atomic mass is 9.84. The summed E-state index contributed by atoms with van der Waals surface area (Å²) in [4.78, 5) is 13.0. The summed E-state index contributed by atoms with van der Waals surface area (Å²) >= 11 is 0. The Balaban J connectivity index is 0.00000225. The lowest BCUT2D eigenvalue weighted by Gasteiger charge is -2.29. The first-order valence-electron chi connectivity index (χ1n) is 8.80. The Bertz CT molecular complexity index is 715. The molecule has 1 aliphatic carbocycles. The maximum absolute atomic E-state index is 13.0. The smallest absolute Gasteiger partial charge is 0.228 e. The highest BCUT2D eigenvalue weighted by Gasteiger charge is 2.28. The third-order valence-corrected chi connectivity index (χ3v) is 4.91. The molecule has 3 N–H and O–H groups in total. The van der Waals surface area contributed by atoms with Gasteiger partial charge in [0, 0.05) is 5.69 Å². The molecule has 0 spiro atoms. The number of nitrogen functional groups attached to an aromatic ring is 1. The second-order valence-electron chi connectivity index (χ2n) is 7.04. The normalized spacial score (nSPS) is 17.3. The minimum absolute atomic E-state index is 0. The van der Waals surface area contributed by atoms with Crippen molar-refractivity contribution < 1.29 is 4.79 Å². The van der Waals surface area contributed by atoms with Gasteiger partial charge in [-0.25, -0.2) is 0 Å². The van der Waals surface area contributed by atoms with E-state index in [9.17, 15) is 4.79 Å². The van der Waals surface area contributed by atoms with Crippen molar-refractivity contribution in [3.8, 4) is 0 Å². The number of nitrogens with two attached hydrogens (primary N) is 1. The first-order valence-corrected chi connectivity index (χ1v) is 8.80. The van der Waals surface area contributed by atoms with E-state index in [0.29, 0.717) is 0 Å². The molecule has 134 valence electrons. The number of rotatable bonds is 4. The molecule has 2 aromatic rings. The number of nitrogens with one attached hydrogen (secondary N) is 1. The molecule has 0 heterocycles. The molecule has 0 radical (unpaired) electrons. The van der Waals surface area contributed by atoms with Gasteiger partial charge in [0.05, 0.1) is 12.0 Å². The predicted molar refractivity (Wildman–Crippen MR) is 106 cm³/mol. The molecule has 4 heteroatoms. The Hall–Kier alpha value is -2.00. The number of anilines is 1. The van der Waals surface area contributed by atoms with Crippen LogP contribution >= 0.6 is 12.4 Å². The Labute approximate surface area is 156 Å². The van der Waals surface area contributed by atoms with Crippen molar-refractivity contribution in [1.29, 1.82) is 0 Å². The van der Waals surface area contributed by atoms with Gasteiger partial charge in [0.2, 0.25) is 5.91 Å². The van der Waals surface area contributed by atoms with Crippen LogP contribution in [0.4, 0.5) is 5.69 Å². The van der Waals surface area contributed by atoms with Crippen LogP contribution in [-0.4, -0.2) is 5.91 Å². The van der Waals surface area contributed by atoms with Gasteiger partial charge in [-0.05, 0) is 54.0 Å². The summed E-state index contributed by atoms with van der Waals surface area (Å²) in [6, 6.07) is 16.2. The summed E-state index contributed by atoms with van der Waals surface area (Å²) in [6.45, 7) is 4.21. The summed E-state index contributed by atoms with van der Waals surface area (Å²) in [6.07, 6.45) is 3.11. The number of aryl methyl sites for hydroxylation is 1. The molecule has 2 aromatic carbocycles. The fraction of sp³-hybridized carbons (Fsp3) is 0.381. The Morgan fingerprint density at radius 3 is 2.56 bits per heavy atom. The largest absolute Gasteiger partial charge is 0.399 e. The van der Waals surface area contributed by atoms with Crippen LogP contribution in [0.2, 0.25) is 0 Å². The summed E-state index contributed by atoms with van der Waals surface area (Å²) in [5, 5.41) is 3.29. The van der Waals surface area contributed by atoms with Crippen LogP contribution in [0.25, 0.3) is 0 Å². The molecule has 3 nitrogen and oxygen atoms in total. The van der Waals surface area contributed by atoms with Crippen molar-refractivity contribution in [3.63, 3.8) is 0 Å². The highest BCUT2D eigenvalue weighted by Crippen LogP contribution is 2.32. The molecule has 0 aromatic heterocycles. The summed E-state index contributed by atoms with van der Waals surface area (Å²) in [7, 11) is 0. The molecule has 25 heavy (non-hydrogen) atoms. The average molecular weight is 359 g/mol. The number of hydrogen-bond donors (Lipinski definition) is 2. The second-order valence-corrected chi connectivity index (χ2v) is 7.04. The van der Waals surface area contributed by atoms with E-state index >= 15 is 0 Å². The van der Waals surface area contributed by atoms with Crippen LogP contribution in [0.15, 0.2) is 48.5 Å². The van der Waals surface area contributed by atoms with Crippen molar-refractivity contribution in [2.45, 2.75) is 45.1 Å². The zero-order valence-corrected chi connectivity index (χ0v) is 15.7. The molecule has 0 fully saturated rings. The Morgan fingerprint density at radius 2 is 1.88 bits per heavy atom. The van der Waals surface area contributed by atoms with Crippen molar-refractivity contribution in [2.75, 3.05) is 5.73 Å². The van der Waals surface area contributed by atoms with E-state index in [1.54, 1.807) is 0 Å². The fourth-order valence-corrected chi connectivity index (χ4v) is 3.75. The van der Waals surface area contributed by atoms with Gasteiger partial charge in [-0.3, -0.25) is 4.79 Å². The molecule has 2 atom stereocenters. The van der Waals surface area contributed by atoms with Crippen LogP contribution < -0.4 is 11.1 Å². The van der Waals surface area contributed by atoms with Gasteiger partial charge >= 0.3 is 0 Å². The molecule has 0 saturated heterocycles. The third-order valence-electron chi connectivity index (χ3n) is 4.91. The highest BCUT2D eigenvalue weighted by atomic mass is 35.5. The molecule has 0 saturated carbocycles. The van der Waals surface area contributed by atoms with E-state index in [4.69, 9.17) is 5.73 Å². The number of carbonyl (C=O) groups excluding carboxylic acids is 1. The van der Waals surface area contributed by atoms with Gasteiger partial charge in [0.15, 0.2) is 0 Å². The first-order chi connectivity index (χ1) is 11.6.